The summed E-state index contributed by atoms with van der Waals surface area (Å²) >= 11 is 5.80. The third-order valence-corrected chi connectivity index (χ3v) is 3.08. The average molecular weight is 303 g/mol. The van der Waals surface area contributed by atoms with Crippen molar-refractivity contribution < 1.29 is 9.59 Å². The van der Waals surface area contributed by atoms with Crippen LogP contribution in [0.15, 0.2) is 48.5 Å². The first-order valence-electron chi connectivity index (χ1n) is 6.45. The van der Waals surface area contributed by atoms with Gasteiger partial charge in [0.2, 0.25) is 5.91 Å². The molecule has 0 heterocycles. The van der Waals surface area contributed by atoms with Gasteiger partial charge in [0.15, 0.2) is 5.78 Å². The van der Waals surface area contributed by atoms with Gasteiger partial charge in [0, 0.05) is 28.9 Å². The number of hydrogen-bond donors (Lipinski definition) is 2. The van der Waals surface area contributed by atoms with Gasteiger partial charge < -0.3 is 10.6 Å². The summed E-state index contributed by atoms with van der Waals surface area (Å²) in [6.07, 6.45) is 0. The van der Waals surface area contributed by atoms with Crippen molar-refractivity contribution in [3.8, 4) is 0 Å². The molecule has 0 fully saturated rings. The molecule has 108 valence electrons. The van der Waals surface area contributed by atoms with E-state index in [2.05, 4.69) is 10.6 Å². The van der Waals surface area contributed by atoms with Crippen LogP contribution in [-0.2, 0) is 4.79 Å². The van der Waals surface area contributed by atoms with E-state index in [9.17, 15) is 9.59 Å². The molecular formula is C16H15ClN2O2. The molecule has 21 heavy (non-hydrogen) atoms. The highest BCUT2D eigenvalue weighted by atomic mass is 35.5. The monoisotopic (exact) mass is 302 g/mol. The SMILES string of the molecule is CC(=O)Nc1ccc(C(=O)CNc2ccc(Cl)cc2)cc1. The lowest BCUT2D eigenvalue weighted by Gasteiger charge is -2.07. The predicted octanol–water partition coefficient (Wildman–Crippen LogP) is 3.59. The number of Topliss-reactive ketones (excluding diaryl/α,β-unsaturated/α-hetero) is 1. The minimum atomic E-state index is -0.140. The Morgan fingerprint density at radius 1 is 0.952 bits per heavy atom. The van der Waals surface area contributed by atoms with Crippen molar-refractivity contribution in [2.24, 2.45) is 0 Å². The number of ketones is 1. The van der Waals surface area contributed by atoms with Gasteiger partial charge in [0.25, 0.3) is 0 Å². The number of amides is 1. The van der Waals surface area contributed by atoms with Crippen LogP contribution in [0.4, 0.5) is 11.4 Å². The molecule has 0 atom stereocenters. The highest BCUT2D eigenvalue weighted by molar-refractivity contribution is 6.30. The summed E-state index contributed by atoms with van der Waals surface area (Å²) in [7, 11) is 0. The number of halogens is 1. The zero-order valence-electron chi connectivity index (χ0n) is 11.5. The summed E-state index contributed by atoms with van der Waals surface area (Å²) in [5.74, 6) is -0.169. The van der Waals surface area contributed by atoms with Gasteiger partial charge in [0.1, 0.15) is 0 Å². The van der Waals surface area contributed by atoms with Gasteiger partial charge in [-0.25, -0.2) is 0 Å². The number of carbonyl (C=O) groups excluding carboxylic acids is 2. The molecule has 0 aliphatic rings. The topological polar surface area (TPSA) is 58.2 Å². The van der Waals surface area contributed by atoms with Crippen LogP contribution in [-0.4, -0.2) is 18.2 Å². The summed E-state index contributed by atoms with van der Waals surface area (Å²) in [6, 6.07) is 13.9. The van der Waals surface area contributed by atoms with Gasteiger partial charge in [-0.15, -0.1) is 0 Å². The molecule has 0 spiro atoms. The molecule has 2 N–H and O–H groups in total. The minimum Gasteiger partial charge on any atom is -0.378 e. The molecule has 0 saturated heterocycles. The molecule has 0 aromatic heterocycles. The molecule has 0 aliphatic carbocycles. The summed E-state index contributed by atoms with van der Waals surface area (Å²) in [4.78, 5) is 23.0. The number of hydrogen-bond acceptors (Lipinski definition) is 3. The number of carbonyl (C=O) groups is 2. The Kier molecular flexibility index (Phi) is 4.95. The Morgan fingerprint density at radius 3 is 2.10 bits per heavy atom. The van der Waals surface area contributed by atoms with E-state index >= 15 is 0 Å². The number of anilines is 2. The molecule has 0 saturated carbocycles. The Bertz CT molecular complexity index is 636. The van der Waals surface area contributed by atoms with Crippen molar-refractivity contribution in [1.29, 1.82) is 0 Å². The molecule has 4 nitrogen and oxygen atoms in total. The first-order chi connectivity index (χ1) is 10.0. The second-order valence-corrected chi connectivity index (χ2v) is 4.98. The Morgan fingerprint density at radius 2 is 1.52 bits per heavy atom. The smallest absolute Gasteiger partial charge is 0.221 e. The molecule has 2 aromatic carbocycles. The van der Waals surface area contributed by atoms with E-state index in [1.54, 1.807) is 36.4 Å². The molecule has 0 aliphatic heterocycles. The molecule has 1 amide bonds. The molecule has 0 bridgehead atoms. The van der Waals surface area contributed by atoms with Crippen molar-refractivity contribution in [3.63, 3.8) is 0 Å². The van der Waals surface area contributed by atoms with Crippen LogP contribution in [0.1, 0.15) is 17.3 Å². The Labute approximate surface area is 128 Å². The Hall–Kier alpha value is -2.33. The van der Waals surface area contributed by atoms with Gasteiger partial charge >= 0.3 is 0 Å². The van der Waals surface area contributed by atoms with Crippen LogP contribution in [0.3, 0.4) is 0 Å². The average Bonchev–Trinajstić information content (AvgIpc) is 2.46. The van der Waals surface area contributed by atoms with E-state index in [-0.39, 0.29) is 18.2 Å². The predicted molar refractivity (Wildman–Crippen MR) is 85.0 cm³/mol. The maximum absolute atomic E-state index is 12.0. The van der Waals surface area contributed by atoms with Gasteiger partial charge in [-0.2, -0.15) is 0 Å². The van der Waals surface area contributed by atoms with Gasteiger partial charge in [-0.05, 0) is 48.5 Å². The second kappa shape index (κ2) is 6.90. The van der Waals surface area contributed by atoms with Crippen LogP contribution in [0.25, 0.3) is 0 Å². The van der Waals surface area contributed by atoms with E-state index in [0.717, 1.165) is 5.69 Å². The third-order valence-electron chi connectivity index (χ3n) is 2.82. The largest absolute Gasteiger partial charge is 0.378 e. The van der Waals surface area contributed by atoms with Crippen molar-refractivity contribution in [3.05, 3.63) is 59.1 Å². The molecule has 5 heteroatoms. The van der Waals surface area contributed by atoms with Crippen molar-refractivity contribution in [2.75, 3.05) is 17.2 Å². The first kappa shape index (κ1) is 15.1. The van der Waals surface area contributed by atoms with E-state index < -0.39 is 0 Å². The van der Waals surface area contributed by atoms with E-state index in [1.807, 2.05) is 12.1 Å². The van der Waals surface area contributed by atoms with Gasteiger partial charge in [0.05, 0.1) is 6.54 Å². The third kappa shape index (κ3) is 4.61. The second-order valence-electron chi connectivity index (χ2n) is 4.54. The van der Waals surface area contributed by atoms with E-state index in [0.29, 0.717) is 16.3 Å². The fourth-order valence-electron chi connectivity index (χ4n) is 1.79. The van der Waals surface area contributed by atoms with Crippen LogP contribution in [0, 0.1) is 0 Å². The van der Waals surface area contributed by atoms with Crippen LogP contribution in [0.5, 0.6) is 0 Å². The van der Waals surface area contributed by atoms with Crippen LogP contribution < -0.4 is 10.6 Å². The number of rotatable bonds is 5. The highest BCUT2D eigenvalue weighted by Gasteiger charge is 2.06. The summed E-state index contributed by atoms with van der Waals surface area (Å²) in [5, 5.41) is 6.35. The van der Waals surface area contributed by atoms with E-state index in [1.165, 1.54) is 6.92 Å². The quantitative estimate of drug-likeness (QED) is 0.830. The maximum atomic E-state index is 12.0. The van der Waals surface area contributed by atoms with E-state index in [4.69, 9.17) is 11.6 Å². The summed E-state index contributed by atoms with van der Waals surface area (Å²) in [6.45, 7) is 1.64. The van der Waals surface area contributed by atoms with Gasteiger partial charge in [-0.3, -0.25) is 9.59 Å². The fraction of sp³-hybridized carbons (Fsp3) is 0.125. The molecule has 0 unspecified atom stereocenters. The fourth-order valence-corrected chi connectivity index (χ4v) is 1.92. The Balaban J connectivity index is 1.93. The summed E-state index contributed by atoms with van der Waals surface area (Å²) < 4.78 is 0. The standard InChI is InChI=1S/C16H15ClN2O2/c1-11(20)19-15-6-2-12(3-7-15)16(21)10-18-14-8-4-13(17)5-9-14/h2-9,18H,10H2,1H3,(H,19,20). The van der Waals surface area contributed by atoms with Crippen molar-refractivity contribution >= 4 is 34.7 Å². The highest BCUT2D eigenvalue weighted by Crippen LogP contribution is 2.14. The molecular weight excluding hydrogens is 288 g/mol. The number of benzene rings is 2. The van der Waals surface area contributed by atoms with Crippen LogP contribution >= 0.6 is 11.6 Å². The lowest BCUT2D eigenvalue weighted by molar-refractivity contribution is -0.114. The minimum absolute atomic E-state index is 0.0284. The first-order valence-corrected chi connectivity index (χ1v) is 6.83. The zero-order valence-corrected chi connectivity index (χ0v) is 12.3. The lowest BCUT2D eigenvalue weighted by atomic mass is 10.1. The van der Waals surface area contributed by atoms with Crippen LogP contribution in [0.2, 0.25) is 5.02 Å². The van der Waals surface area contributed by atoms with Crippen molar-refractivity contribution in [2.45, 2.75) is 6.92 Å². The van der Waals surface area contributed by atoms with Crippen molar-refractivity contribution in [1.82, 2.24) is 0 Å². The lowest BCUT2D eigenvalue weighted by Crippen LogP contribution is -2.14. The molecule has 2 rings (SSSR count). The molecule has 0 radical (unpaired) electrons. The maximum Gasteiger partial charge on any atom is 0.221 e. The zero-order chi connectivity index (χ0) is 15.2. The summed E-state index contributed by atoms with van der Waals surface area (Å²) in [5.41, 5.74) is 2.10. The normalized spacial score (nSPS) is 10.0. The number of nitrogens with one attached hydrogen (secondary N) is 2. The van der Waals surface area contributed by atoms with Gasteiger partial charge in [-0.1, -0.05) is 11.6 Å². The molecule has 2 aromatic rings.